The predicted octanol–water partition coefficient (Wildman–Crippen LogP) is 1.80. The molecule has 0 aromatic carbocycles. The Kier molecular flexibility index (Phi) is 3.70. The van der Waals surface area contributed by atoms with E-state index in [1.165, 1.54) is 6.20 Å². The van der Waals surface area contributed by atoms with E-state index in [1.807, 2.05) is 13.0 Å². The number of aromatic nitrogens is 3. The summed E-state index contributed by atoms with van der Waals surface area (Å²) in [5.74, 6) is -0.604. The molecule has 19 heavy (non-hydrogen) atoms. The fourth-order valence-corrected chi connectivity index (χ4v) is 1.64. The molecule has 2 heterocycles. The SMILES string of the molecule is Cc1cnccc1CNc1ncc(C(=O)O)c(C)n1. The summed E-state index contributed by atoms with van der Waals surface area (Å²) in [5, 5.41) is 12.0. The Labute approximate surface area is 110 Å². The molecule has 0 unspecified atom stereocenters. The zero-order chi connectivity index (χ0) is 13.8. The van der Waals surface area contributed by atoms with Gasteiger partial charge in [0, 0.05) is 25.1 Å². The van der Waals surface area contributed by atoms with E-state index in [-0.39, 0.29) is 5.56 Å². The average Bonchev–Trinajstić information content (AvgIpc) is 2.37. The van der Waals surface area contributed by atoms with Crippen LogP contribution in [0.1, 0.15) is 27.2 Å². The van der Waals surface area contributed by atoms with Gasteiger partial charge < -0.3 is 10.4 Å². The number of nitrogens with zero attached hydrogens (tertiary/aromatic N) is 3. The lowest BCUT2D eigenvalue weighted by atomic mass is 10.1. The van der Waals surface area contributed by atoms with Crippen molar-refractivity contribution in [2.45, 2.75) is 20.4 Å². The van der Waals surface area contributed by atoms with Gasteiger partial charge in [0.25, 0.3) is 0 Å². The first-order chi connectivity index (χ1) is 9.08. The van der Waals surface area contributed by atoms with Crippen molar-refractivity contribution in [1.82, 2.24) is 15.0 Å². The van der Waals surface area contributed by atoms with Crippen molar-refractivity contribution in [3.8, 4) is 0 Å². The number of nitrogens with one attached hydrogen (secondary N) is 1. The van der Waals surface area contributed by atoms with Gasteiger partial charge in [-0.2, -0.15) is 0 Å². The lowest BCUT2D eigenvalue weighted by Crippen LogP contribution is -2.09. The van der Waals surface area contributed by atoms with Crippen LogP contribution in [-0.4, -0.2) is 26.0 Å². The second-order valence-corrected chi connectivity index (χ2v) is 4.15. The quantitative estimate of drug-likeness (QED) is 0.869. The monoisotopic (exact) mass is 258 g/mol. The van der Waals surface area contributed by atoms with Crippen molar-refractivity contribution >= 4 is 11.9 Å². The van der Waals surface area contributed by atoms with Crippen LogP contribution in [0.3, 0.4) is 0 Å². The molecule has 2 aromatic heterocycles. The highest BCUT2D eigenvalue weighted by Crippen LogP contribution is 2.10. The first kappa shape index (κ1) is 12.9. The van der Waals surface area contributed by atoms with E-state index in [4.69, 9.17) is 5.11 Å². The molecule has 2 rings (SSSR count). The number of aryl methyl sites for hydroxylation is 2. The van der Waals surface area contributed by atoms with E-state index in [1.54, 1.807) is 19.3 Å². The fraction of sp³-hybridized carbons (Fsp3) is 0.231. The maximum Gasteiger partial charge on any atom is 0.339 e. The van der Waals surface area contributed by atoms with Crippen LogP contribution in [0.15, 0.2) is 24.7 Å². The molecule has 98 valence electrons. The zero-order valence-corrected chi connectivity index (χ0v) is 10.7. The summed E-state index contributed by atoms with van der Waals surface area (Å²) in [6, 6.07) is 1.92. The van der Waals surface area contributed by atoms with E-state index in [2.05, 4.69) is 20.3 Å². The molecule has 6 nitrogen and oxygen atoms in total. The second kappa shape index (κ2) is 5.43. The summed E-state index contributed by atoms with van der Waals surface area (Å²) in [6.45, 7) is 4.19. The molecule has 0 saturated heterocycles. The van der Waals surface area contributed by atoms with Gasteiger partial charge in [0.15, 0.2) is 0 Å². The topological polar surface area (TPSA) is 88.0 Å². The Bertz CT molecular complexity index is 613. The van der Waals surface area contributed by atoms with Crippen molar-refractivity contribution in [1.29, 1.82) is 0 Å². The lowest BCUT2D eigenvalue weighted by molar-refractivity contribution is 0.0695. The maximum atomic E-state index is 10.8. The Hall–Kier alpha value is -2.50. The predicted molar refractivity (Wildman–Crippen MR) is 70.0 cm³/mol. The van der Waals surface area contributed by atoms with Crippen LogP contribution in [0.25, 0.3) is 0 Å². The summed E-state index contributed by atoms with van der Waals surface area (Å²) in [7, 11) is 0. The highest BCUT2D eigenvalue weighted by atomic mass is 16.4. The third kappa shape index (κ3) is 3.04. The Morgan fingerprint density at radius 3 is 2.79 bits per heavy atom. The number of hydrogen-bond acceptors (Lipinski definition) is 5. The van der Waals surface area contributed by atoms with Gasteiger partial charge in [0.05, 0.1) is 11.3 Å². The smallest absolute Gasteiger partial charge is 0.339 e. The number of rotatable bonds is 4. The minimum absolute atomic E-state index is 0.116. The van der Waals surface area contributed by atoms with Gasteiger partial charge in [-0.05, 0) is 31.0 Å². The average molecular weight is 258 g/mol. The molecular weight excluding hydrogens is 244 g/mol. The second-order valence-electron chi connectivity index (χ2n) is 4.15. The molecule has 0 saturated carbocycles. The highest BCUT2D eigenvalue weighted by molar-refractivity contribution is 5.88. The van der Waals surface area contributed by atoms with E-state index < -0.39 is 5.97 Å². The minimum atomic E-state index is -1.02. The van der Waals surface area contributed by atoms with Gasteiger partial charge in [-0.25, -0.2) is 14.8 Å². The van der Waals surface area contributed by atoms with E-state index in [9.17, 15) is 4.79 Å². The van der Waals surface area contributed by atoms with Crippen LogP contribution in [-0.2, 0) is 6.54 Å². The molecule has 0 fully saturated rings. The number of carboxylic acids is 1. The van der Waals surface area contributed by atoms with Crippen LogP contribution in [0, 0.1) is 13.8 Å². The molecule has 0 amide bonds. The van der Waals surface area contributed by atoms with E-state index >= 15 is 0 Å². The molecule has 0 atom stereocenters. The van der Waals surface area contributed by atoms with Gasteiger partial charge in [0.2, 0.25) is 5.95 Å². The van der Waals surface area contributed by atoms with Crippen molar-refractivity contribution in [3.05, 3.63) is 47.0 Å². The first-order valence-corrected chi connectivity index (χ1v) is 5.78. The van der Waals surface area contributed by atoms with Crippen LogP contribution >= 0.6 is 0 Å². The molecule has 0 aliphatic rings. The number of hydrogen-bond donors (Lipinski definition) is 2. The fourth-order valence-electron chi connectivity index (χ4n) is 1.64. The molecule has 0 bridgehead atoms. The van der Waals surface area contributed by atoms with Crippen LogP contribution in [0.4, 0.5) is 5.95 Å². The molecule has 2 aromatic rings. The Balaban J connectivity index is 2.11. The number of carbonyl (C=O) groups is 1. The molecule has 6 heteroatoms. The number of pyridine rings is 1. The molecular formula is C13H14N4O2. The van der Waals surface area contributed by atoms with Crippen molar-refractivity contribution in [3.63, 3.8) is 0 Å². The van der Waals surface area contributed by atoms with Gasteiger partial charge >= 0.3 is 5.97 Å². The molecule has 0 aliphatic heterocycles. The Morgan fingerprint density at radius 2 is 2.16 bits per heavy atom. The molecule has 0 radical (unpaired) electrons. The van der Waals surface area contributed by atoms with E-state index in [0.29, 0.717) is 18.2 Å². The molecule has 2 N–H and O–H groups in total. The summed E-state index contributed by atoms with van der Waals surface area (Å²) < 4.78 is 0. The number of anilines is 1. The lowest BCUT2D eigenvalue weighted by Gasteiger charge is -2.08. The van der Waals surface area contributed by atoms with Gasteiger partial charge in [-0.3, -0.25) is 4.98 Å². The third-order valence-corrected chi connectivity index (χ3v) is 2.78. The summed E-state index contributed by atoms with van der Waals surface area (Å²) in [5.41, 5.74) is 2.73. The standard InChI is InChI=1S/C13H14N4O2/c1-8-5-14-4-3-10(8)6-15-13-16-7-11(12(18)19)9(2)17-13/h3-5,7H,6H2,1-2H3,(H,18,19)(H,15,16,17). The molecule has 0 spiro atoms. The van der Waals surface area contributed by atoms with Crippen molar-refractivity contribution < 1.29 is 9.90 Å². The van der Waals surface area contributed by atoms with Gasteiger partial charge in [-0.1, -0.05) is 0 Å². The first-order valence-electron chi connectivity index (χ1n) is 5.78. The van der Waals surface area contributed by atoms with Crippen LogP contribution in [0.2, 0.25) is 0 Å². The van der Waals surface area contributed by atoms with Gasteiger partial charge in [0.1, 0.15) is 0 Å². The summed E-state index contributed by atoms with van der Waals surface area (Å²) in [4.78, 5) is 23.0. The van der Waals surface area contributed by atoms with Crippen LogP contribution in [0.5, 0.6) is 0 Å². The largest absolute Gasteiger partial charge is 0.478 e. The normalized spacial score (nSPS) is 10.2. The van der Waals surface area contributed by atoms with Crippen molar-refractivity contribution in [2.75, 3.05) is 5.32 Å². The van der Waals surface area contributed by atoms with E-state index in [0.717, 1.165) is 11.1 Å². The summed E-state index contributed by atoms with van der Waals surface area (Å²) >= 11 is 0. The van der Waals surface area contributed by atoms with Gasteiger partial charge in [-0.15, -0.1) is 0 Å². The maximum absolute atomic E-state index is 10.8. The highest BCUT2D eigenvalue weighted by Gasteiger charge is 2.09. The van der Waals surface area contributed by atoms with Crippen molar-refractivity contribution in [2.24, 2.45) is 0 Å². The third-order valence-electron chi connectivity index (χ3n) is 2.78. The zero-order valence-electron chi connectivity index (χ0n) is 10.7. The number of carboxylic acid groups (broad SMARTS) is 1. The minimum Gasteiger partial charge on any atom is -0.478 e. The van der Waals surface area contributed by atoms with Crippen LogP contribution < -0.4 is 5.32 Å². The number of aromatic carboxylic acids is 1. The Morgan fingerprint density at radius 1 is 1.37 bits per heavy atom. The molecule has 0 aliphatic carbocycles. The summed E-state index contributed by atoms with van der Waals surface area (Å²) in [6.07, 6.45) is 4.83.